The van der Waals surface area contributed by atoms with E-state index in [-0.39, 0.29) is 16.4 Å². The molecule has 0 aliphatic heterocycles. The fourth-order valence-electron chi connectivity index (χ4n) is 1.40. The van der Waals surface area contributed by atoms with Crippen molar-refractivity contribution in [1.82, 2.24) is 9.97 Å². The monoisotopic (exact) mass is 262 g/mol. The molecule has 1 aromatic carbocycles. The number of rotatable bonds is 1. The van der Waals surface area contributed by atoms with Gasteiger partial charge in [0.2, 0.25) is 0 Å². The van der Waals surface area contributed by atoms with Gasteiger partial charge in [0, 0.05) is 10.6 Å². The standard InChI is InChI=1S/C11H6ClN3OS/c12-7-3-1-2-6(4-7)9-8(5-13)10(16)15-11(17)14-9/h1-4H,(H2,14,15,16,17)/p-1. The molecule has 0 aliphatic rings. The molecule has 0 aliphatic carbocycles. The van der Waals surface area contributed by atoms with Crippen molar-refractivity contribution in [3.8, 4) is 17.3 Å². The molecule has 0 amide bonds. The van der Waals surface area contributed by atoms with Crippen molar-refractivity contribution >= 4 is 24.2 Å². The van der Waals surface area contributed by atoms with E-state index < -0.39 is 5.56 Å². The summed E-state index contributed by atoms with van der Waals surface area (Å²) in [5.74, 6) is 0. The lowest BCUT2D eigenvalue weighted by Crippen LogP contribution is -2.14. The molecular formula is C11H5ClN3OS-. The zero-order valence-electron chi connectivity index (χ0n) is 8.40. The lowest BCUT2D eigenvalue weighted by molar-refractivity contribution is 0.940. The highest BCUT2D eigenvalue weighted by molar-refractivity contribution is 7.58. The molecule has 0 radical (unpaired) electrons. The van der Waals surface area contributed by atoms with Gasteiger partial charge < -0.3 is 17.6 Å². The Kier molecular flexibility index (Phi) is 3.09. The average molecular weight is 263 g/mol. The van der Waals surface area contributed by atoms with Crippen LogP contribution < -0.4 is 5.56 Å². The number of aromatic amines is 1. The number of aromatic nitrogens is 2. The Morgan fingerprint density at radius 2 is 2.24 bits per heavy atom. The Hall–Kier alpha value is -1.90. The van der Waals surface area contributed by atoms with Crippen LogP contribution in [-0.4, -0.2) is 9.97 Å². The van der Waals surface area contributed by atoms with Crippen molar-refractivity contribution in [3.63, 3.8) is 0 Å². The SMILES string of the molecule is N#Cc1c(-c2cccc(Cl)c2)nc([S-])[nH]c1=O. The van der Waals surface area contributed by atoms with Gasteiger partial charge in [-0.05, 0) is 17.3 Å². The number of nitriles is 1. The Morgan fingerprint density at radius 3 is 2.88 bits per heavy atom. The molecule has 2 aromatic rings. The summed E-state index contributed by atoms with van der Waals surface area (Å²) in [5, 5.41) is 9.49. The van der Waals surface area contributed by atoms with E-state index in [0.29, 0.717) is 10.6 Å². The number of hydrogen-bond donors (Lipinski definition) is 1. The van der Waals surface area contributed by atoms with Crippen LogP contribution in [0, 0.1) is 11.3 Å². The summed E-state index contributed by atoms with van der Waals surface area (Å²) >= 11 is 10.7. The first kappa shape index (κ1) is 11.6. The molecular weight excluding hydrogens is 258 g/mol. The third kappa shape index (κ3) is 2.28. The highest BCUT2D eigenvalue weighted by Gasteiger charge is 2.10. The fraction of sp³-hybridized carbons (Fsp3) is 0. The molecule has 6 heteroatoms. The van der Waals surface area contributed by atoms with E-state index in [1.54, 1.807) is 24.3 Å². The van der Waals surface area contributed by atoms with Gasteiger partial charge in [0.05, 0.1) is 5.69 Å². The summed E-state index contributed by atoms with van der Waals surface area (Å²) in [6.45, 7) is 0. The van der Waals surface area contributed by atoms with E-state index in [1.165, 1.54) is 0 Å². The van der Waals surface area contributed by atoms with Gasteiger partial charge in [-0.1, -0.05) is 23.7 Å². The van der Waals surface area contributed by atoms with Crippen LogP contribution in [0.5, 0.6) is 0 Å². The van der Waals surface area contributed by atoms with Crippen molar-refractivity contribution in [2.24, 2.45) is 0 Å². The van der Waals surface area contributed by atoms with Crippen LogP contribution in [0.15, 0.2) is 34.2 Å². The average Bonchev–Trinajstić information content (AvgIpc) is 2.28. The van der Waals surface area contributed by atoms with Crippen LogP contribution in [0.2, 0.25) is 5.02 Å². The summed E-state index contributed by atoms with van der Waals surface area (Å²) in [6, 6.07) is 8.56. The molecule has 0 fully saturated rings. The molecule has 0 saturated carbocycles. The number of nitrogens with one attached hydrogen (secondary N) is 1. The second-order valence-corrected chi connectivity index (χ2v) is 4.04. The number of benzene rings is 1. The molecule has 0 bridgehead atoms. The Bertz CT molecular complexity index is 675. The smallest absolute Gasteiger partial charge is 0.268 e. The number of hydrogen-bond acceptors (Lipinski definition) is 4. The molecule has 0 saturated heterocycles. The lowest BCUT2D eigenvalue weighted by atomic mass is 10.1. The van der Waals surface area contributed by atoms with Gasteiger partial charge in [-0.15, -0.1) is 0 Å². The van der Waals surface area contributed by atoms with Crippen LogP contribution in [-0.2, 0) is 12.6 Å². The van der Waals surface area contributed by atoms with E-state index >= 15 is 0 Å². The molecule has 0 unspecified atom stereocenters. The molecule has 0 atom stereocenters. The second-order valence-electron chi connectivity index (χ2n) is 3.22. The molecule has 2 rings (SSSR count). The van der Waals surface area contributed by atoms with Crippen LogP contribution in [0.4, 0.5) is 0 Å². The normalized spacial score (nSPS) is 9.88. The lowest BCUT2D eigenvalue weighted by Gasteiger charge is -2.09. The first-order chi connectivity index (χ1) is 8.11. The Balaban J connectivity index is 2.76. The van der Waals surface area contributed by atoms with Crippen molar-refractivity contribution in [1.29, 1.82) is 5.26 Å². The predicted octanol–water partition coefficient (Wildman–Crippen LogP) is 1.87. The zero-order valence-corrected chi connectivity index (χ0v) is 9.97. The largest absolute Gasteiger partial charge is 0.742 e. The van der Waals surface area contributed by atoms with Crippen molar-refractivity contribution in [2.75, 3.05) is 0 Å². The molecule has 84 valence electrons. The summed E-state index contributed by atoms with van der Waals surface area (Å²) < 4.78 is 0. The summed E-state index contributed by atoms with van der Waals surface area (Å²) in [7, 11) is 0. The van der Waals surface area contributed by atoms with E-state index in [9.17, 15) is 4.79 Å². The first-order valence-corrected chi connectivity index (χ1v) is 5.38. The van der Waals surface area contributed by atoms with Crippen molar-refractivity contribution in [3.05, 3.63) is 45.2 Å². The number of H-pyrrole nitrogens is 1. The maximum absolute atomic E-state index is 11.5. The molecule has 17 heavy (non-hydrogen) atoms. The maximum Gasteiger partial charge on any atom is 0.268 e. The van der Waals surface area contributed by atoms with Gasteiger partial charge >= 0.3 is 0 Å². The maximum atomic E-state index is 11.5. The van der Waals surface area contributed by atoms with Crippen molar-refractivity contribution in [2.45, 2.75) is 5.16 Å². The highest BCUT2D eigenvalue weighted by atomic mass is 35.5. The Morgan fingerprint density at radius 1 is 1.47 bits per heavy atom. The zero-order chi connectivity index (χ0) is 12.4. The minimum Gasteiger partial charge on any atom is -0.742 e. The first-order valence-electron chi connectivity index (χ1n) is 4.59. The fourth-order valence-corrected chi connectivity index (χ4v) is 1.78. The highest BCUT2D eigenvalue weighted by Crippen LogP contribution is 2.22. The summed E-state index contributed by atoms with van der Waals surface area (Å²) in [5.41, 5.74) is 0.235. The predicted molar refractivity (Wildman–Crippen MR) is 65.6 cm³/mol. The molecule has 1 aromatic heterocycles. The van der Waals surface area contributed by atoms with E-state index in [4.69, 9.17) is 29.5 Å². The van der Waals surface area contributed by atoms with E-state index in [0.717, 1.165) is 0 Å². The third-order valence-electron chi connectivity index (χ3n) is 2.11. The molecule has 1 heterocycles. The second kappa shape index (κ2) is 4.53. The molecule has 4 nitrogen and oxygen atoms in total. The number of nitrogens with zero attached hydrogens (tertiary/aromatic N) is 2. The van der Waals surface area contributed by atoms with Gasteiger partial charge in [-0.25, -0.2) is 0 Å². The quantitative estimate of drug-likeness (QED) is 0.629. The topological polar surface area (TPSA) is 69.5 Å². The van der Waals surface area contributed by atoms with Gasteiger partial charge in [0.25, 0.3) is 5.56 Å². The van der Waals surface area contributed by atoms with E-state index in [1.807, 2.05) is 6.07 Å². The van der Waals surface area contributed by atoms with Gasteiger partial charge in [0.15, 0.2) is 0 Å². The number of halogens is 1. The molecule has 1 N–H and O–H groups in total. The van der Waals surface area contributed by atoms with Gasteiger partial charge in [-0.3, -0.25) is 9.78 Å². The van der Waals surface area contributed by atoms with Crippen LogP contribution in [0.1, 0.15) is 5.56 Å². The molecule has 0 spiro atoms. The van der Waals surface area contributed by atoms with E-state index in [2.05, 4.69) is 9.97 Å². The Labute approximate surface area is 107 Å². The van der Waals surface area contributed by atoms with Gasteiger partial charge in [-0.2, -0.15) is 5.26 Å². The van der Waals surface area contributed by atoms with Crippen LogP contribution in [0.25, 0.3) is 11.3 Å². The summed E-state index contributed by atoms with van der Waals surface area (Å²) in [6.07, 6.45) is 0. The minimum absolute atomic E-state index is 0.0453. The minimum atomic E-state index is -0.539. The van der Waals surface area contributed by atoms with Crippen molar-refractivity contribution < 1.29 is 0 Å². The van der Waals surface area contributed by atoms with Gasteiger partial charge in [0.1, 0.15) is 11.6 Å². The van der Waals surface area contributed by atoms with Crippen LogP contribution in [0.3, 0.4) is 0 Å². The summed E-state index contributed by atoms with van der Waals surface area (Å²) in [4.78, 5) is 17.8. The van der Waals surface area contributed by atoms with Crippen LogP contribution >= 0.6 is 11.6 Å². The third-order valence-corrected chi connectivity index (χ3v) is 2.54.